The van der Waals surface area contributed by atoms with Crippen molar-refractivity contribution < 1.29 is 0 Å². The maximum absolute atomic E-state index is 3.66. The second-order valence-electron chi connectivity index (χ2n) is 6.07. The lowest BCUT2D eigenvalue weighted by Crippen LogP contribution is -2.38. The van der Waals surface area contributed by atoms with Gasteiger partial charge >= 0.3 is 0 Å². The van der Waals surface area contributed by atoms with Crippen molar-refractivity contribution in [2.75, 3.05) is 6.54 Å². The topological polar surface area (TPSA) is 15.3 Å². The molecule has 98 valence electrons. The number of fused-ring (bicyclic) bond motifs is 1. The molecule has 2 atom stereocenters. The van der Waals surface area contributed by atoms with Crippen LogP contribution in [0.5, 0.6) is 0 Å². The summed E-state index contributed by atoms with van der Waals surface area (Å²) < 4.78 is 0. The molecular weight excluding hydrogens is 220 g/mol. The van der Waals surface area contributed by atoms with Gasteiger partial charge in [0.25, 0.3) is 0 Å². The summed E-state index contributed by atoms with van der Waals surface area (Å²) in [6.07, 6.45) is 2.77. The van der Waals surface area contributed by atoms with E-state index in [2.05, 4.69) is 48.3 Å². The molecule has 1 fully saturated rings. The van der Waals surface area contributed by atoms with Gasteiger partial charge in [-0.1, -0.05) is 31.2 Å². The Kier molecular flexibility index (Phi) is 3.40. The quantitative estimate of drug-likeness (QED) is 0.857. The van der Waals surface area contributed by atoms with Crippen molar-refractivity contribution >= 4 is 0 Å². The van der Waals surface area contributed by atoms with Crippen molar-refractivity contribution in [3.63, 3.8) is 0 Å². The van der Waals surface area contributed by atoms with Crippen molar-refractivity contribution in [1.82, 2.24) is 10.2 Å². The Balaban J connectivity index is 1.55. The van der Waals surface area contributed by atoms with Gasteiger partial charge in [0.2, 0.25) is 0 Å². The van der Waals surface area contributed by atoms with Gasteiger partial charge in [0, 0.05) is 25.2 Å². The van der Waals surface area contributed by atoms with Crippen LogP contribution in [0.25, 0.3) is 0 Å². The van der Waals surface area contributed by atoms with Crippen LogP contribution in [-0.2, 0) is 13.1 Å². The largest absolute Gasteiger partial charge is 0.314 e. The van der Waals surface area contributed by atoms with E-state index in [4.69, 9.17) is 0 Å². The molecule has 1 aromatic rings. The molecule has 0 aromatic heterocycles. The predicted molar refractivity (Wildman–Crippen MR) is 75.3 cm³/mol. The Morgan fingerprint density at radius 1 is 1.17 bits per heavy atom. The van der Waals surface area contributed by atoms with Crippen LogP contribution in [0.3, 0.4) is 0 Å². The first-order valence-electron chi connectivity index (χ1n) is 7.28. The Hall–Kier alpha value is -0.860. The SMILES string of the molecule is CC(CNC1CC1)C(C)N1Cc2ccccc2C1. The summed E-state index contributed by atoms with van der Waals surface area (Å²) in [5, 5.41) is 3.66. The Labute approximate surface area is 110 Å². The molecule has 1 N–H and O–H groups in total. The van der Waals surface area contributed by atoms with Crippen LogP contribution in [0.2, 0.25) is 0 Å². The van der Waals surface area contributed by atoms with Gasteiger partial charge in [-0.2, -0.15) is 0 Å². The van der Waals surface area contributed by atoms with Crippen LogP contribution in [0.1, 0.15) is 37.8 Å². The number of hydrogen-bond acceptors (Lipinski definition) is 2. The third-order valence-electron chi connectivity index (χ3n) is 4.57. The molecule has 0 amide bonds. The van der Waals surface area contributed by atoms with E-state index < -0.39 is 0 Å². The van der Waals surface area contributed by atoms with E-state index in [1.54, 1.807) is 0 Å². The standard InChI is InChI=1S/C16H24N2/c1-12(9-17-16-7-8-16)13(2)18-10-14-5-3-4-6-15(14)11-18/h3-6,12-13,16-17H,7-11H2,1-2H3. The van der Waals surface area contributed by atoms with Crippen LogP contribution in [-0.4, -0.2) is 23.5 Å². The summed E-state index contributed by atoms with van der Waals surface area (Å²) in [5.41, 5.74) is 3.04. The highest BCUT2D eigenvalue weighted by molar-refractivity contribution is 5.30. The summed E-state index contributed by atoms with van der Waals surface area (Å²) in [4.78, 5) is 2.61. The molecule has 2 unspecified atom stereocenters. The molecule has 1 saturated carbocycles. The lowest BCUT2D eigenvalue weighted by atomic mass is 10.0. The Morgan fingerprint density at radius 3 is 2.33 bits per heavy atom. The monoisotopic (exact) mass is 244 g/mol. The highest BCUT2D eigenvalue weighted by Crippen LogP contribution is 2.27. The second kappa shape index (κ2) is 5.02. The molecule has 0 saturated heterocycles. The molecule has 2 heteroatoms. The van der Waals surface area contributed by atoms with Crippen molar-refractivity contribution in [3.05, 3.63) is 35.4 Å². The summed E-state index contributed by atoms with van der Waals surface area (Å²) >= 11 is 0. The second-order valence-corrected chi connectivity index (χ2v) is 6.07. The van der Waals surface area contributed by atoms with E-state index in [1.165, 1.54) is 30.5 Å². The van der Waals surface area contributed by atoms with Gasteiger partial charge in [-0.25, -0.2) is 0 Å². The van der Waals surface area contributed by atoms with Gasteiger partial charge in [0.1, 0.15) is 0 Å². The zero-order chi connectivity index (χ0) is 12.5. The lowest BCUT2D eigenvalue weighted by molar-refractivity contribution is 0.160. The molecule has 1 aliphatic carbocycles. The van der Waals surface area contributed by atoms with Gasteiger partial charge in [-0.3, -0.25) is 4.90 Å². The van der Waals surface area contributed by atoms with Crippen LogP contribution in [0.4, 0.5) is 0 Å². The van der Waals surface area contributed by atoms with Crippen LogP contribution in [0.15, 0.2) is 24.3 Å². The van der Waals surface area contributed by atoms with Gasteiger partial charge in [0.05, 0.1) is 0 Å². The van der Waals surface area contributed by atoms with E-state index in [9.17, 15) is 0 Å². The minimum Gasteiger partial charge on any atom is -0.314 e. The van der Waals surface area contributed by atoms with Crippen molar-refractivity contribution in [2.45, 2.75) is 51.9 Å². The zero-order valence-electron chi connectivity index (χ0n) is 11.5. The summed E-state index contributed by atoms with van der Waals surface area (Å²) in [6, 6.07) is 10.3. The first-order valence-corrected chi connectivity index (χ1v) is 7.28. The van der Waals surface area contributed by atoms with Crippen molar-refractivity contribution in [3.8, 4) is 0 Å². The minimum absolute atomic E-state index is 0.656. The molecule has 0 bridgehead atoms. The van der Waals surface area contributed by atoms with Crippen LogP contribution >= 0.6 is 0 Å². The highest BCUT2D eigenvalue weighted by Gasteiger charge is 2.27. The summed E-state index contributed by atoms with van der Waals surface area (Å²) in [5.74, 6) is 0.722. The zero-order valence-corrected chi connectivity index (χ0v) is 11.5. The molecule has 0 spiro atoms. The number of nitrogens with zero attached hydrogens (tertiary/aromatic N) is 1. The number of rotatable bonds is 5. The van der Waals surface area contributed by atoms with Crippen LogP contribution < -0.4 is 5.32 Å². The highest BCUT2D eigenvalue weighted by atomic mass is 15.2. The molecule has 1 heterocycles. The third kappa shape index (κ3) is 2.60. The Morgan fingerprint density at radius 2 is 1.78 bits per heavy atom. The van der Waals surface area contributed by atoms with Gasteiger partial charge in [-0.05, 0) is 43.4 Å². The molecular formula is C16H24N2. The molecule has 1 aliphatic heterocycles. The minimum atomic E-state index is 0.656. The normalized spacial score (nSPS) is 22.8. The molecule has 3 rings (SSSR count). The smallest absolute Gasteiger partial charge is 0.0243 e. The van der Waals surface area contributed by atoms with Crippen molar-refractivity contribution in [2.24, 2.45) is 5.92 Å². The fraction of sp³-hybridized carbons (Fsp3) is 0.625. The van der Waals surface area contributed by atoms with Gasteiger partial charge in [-0.15, -0.1) is 0 Å². The number of benzene rings is 1. The summed E-state index contributed by atoms with van der Waals surface area (Å²) in [6.45, 7) is 8.18. The maximum Gasteiger partial charge on any atom is 0.0243 e. The predicted octanol–water partition coefficient (Wildman–Crippen LogP) is 2.78. The van der Waals surface area contributed by atoms with Crippen molar-refractivity contribution in [1.29, 1.82) is 0 Å². The maximum atomic E-state index is 3.66. The van der Waals surface area contributed by atoms with Gasteiger partial charge < -0.3 is 5.32 Å². The summed E-state index contributed by atoms with van der Waals surface area (Å²) in [7, 11) is 0. The lowest BCUT2D eigenvalue weighted by Gasteiger charge is -2.29. The molecule has 2 aliphatic rings. The fourth-order valence-corrected chi connectivity index (χ4v) is 2.82. The number of hydrogen-bond donors (Lipinski definition) is 1. The van der Waals surface area contributed by atoms with E-state index in [-0.39, 0.29) is 0 Å². The number of nitrogens with one attached hydrogen (secondary N) is 1. The molecule has 2 nitrogen and oxygen atoms in total. The van der Waals surface area contributed by atoms with E-state index in [0.717, 1.165) is 25.0 Å². The van der Waals surface area contributed by atoms with E-state index in [0.29, 0.717) is 6.04 Å². The average molecular weight is 244 g/mol. The van der Waals surface area contributed by atoms with E-state index in [1.807, 2.05) is 0 Å². The van der Waals surface area contributed by atoms with Gasteiger partial charge in [0.15, 0.2) is 0 Å². The third-order valence-corrected chi connectivity index (χ3v) is 4.57. The van der Waals surface area contributed by atoms with E-state index >= 15 is 0 Å². The average Bonchev–Trinajstić information content (AvgIpc) is 3.11. The molecule has 0 radical (unpaired) electrons. The first kappa shape index (κ1) is 12.2. The first-order chi connectivity index (χ1) is 8.74. The molecule has 18 heavy (non-hydrogen) atoms. The fourth-order valence-electron chi connectivity index (χ4n) is 2.82. The van der Waals surface area contributed by atoms with Crippen LogP contribution in [0, 0.1) is 5.92 Å². The Bertz CT molecular complexity index is 386. The molecule has 1 aromatic carbocycles.